The highest BCUT2D eigenvalue weighted by Gasteiger charge is 2.44. The summed E-state index contributed by atoms with van der Waals surface area (Å²) in [6.07, 6.45) is 1.55. The molecule has 1 fully saturated rings. The molecule has 1 aromatic rings. The molecular weight excluding hydrogens is 234 g/mol. The molecule has 1 aliphatic heterocycles. The predicted octanol–water partition coefficient (Wildman–Crippen LogP) is 3.38. The van der Waals surface area contributed by atoms with Crippen molar-refractivity contribution < 1.29 is 8.78 Å². The molecule has 0 bridgehead atoms. The van der Waals surface area contributed by atoms with E-state index in [1.54, 1.807) is 6.92 Å². The van der Waals surface area contributed by atoms with Crippen molar-refractivity contribution in [2.24, 2.45) is 0 Å². The first-order valence-electron chi connectivity index (χ1n) is 5.96. The lowest BCUT2D eigenvalue weighted by molar-refractivity contribution is 0.465. The Kier molecular flexibility index (Phi) is 2.30. The Morgan fingerprint density at radius 2 is 2.11 bits per heavy atom. The summed E-state index contributed by atoms with van der Waals surface area (Å²) < 4.78 is 26.9. The van der Waals surface area contributed by atoms with Gasteiger partial charge in [-0.2, -0.15) is 0 Å². The van der Waals surface area contributed by atoms with E-state index in [-0.39, 0.29) is 11.9 Å². The van der Waals surface area contributed by atoms with E-state index in [2.05, 4.69) is 11.6 Å². The molecule has 0 spiro atoms. The summed E-state index contributed by atoms with van der Waals surface area (Å²) in [6.45, 7) is 7.45. The van der Waals surface area contributed by atoms with E-state index in [9.17, 15) is 8.78 Å². The highest BCUT2D eigenvalue weighted by Crippen LogP contribution is 2.42. The summed E-state index contributed by atoms with van der Waals surface area (Å²) in [7, 11) is 0. The highest BCUT2D eigenvalue weighted by molar-refractivity contribution is 5.87. The van der Waals surface area contributed by atoms with E-state index in [1.807, 2.05) is 18.0 Å². The Balaban J connectivity index is 2.15. The average Bonchev–Trinajstić information content (AvgIpc) is 3.03. The van der Waals surface area contributed by atoms with Gasteiger partial charge in [-0.1, -0.05) is 6.58 Å². The van der Waals surface area contributed by atoms with Crippen LogP contribution in [-0.2, 0) is 0 Å². The fourth-order valence-electron chi connectivity index (χ4n) is 2.24. The van der Waals surface area contributed by atoms with Crippen molar-refractivity contribution in [3.63, 3.8) is 0 Å². The Labute approximate surface area is 105 Å². The molecule has 2 unspecified atom stereocenters. The number of nitrogens with zero attached hydrogens (tertiary/aromatic N) is 2. The maximum atomic E-state index is 13.6. The van der Waals surface area contributed by atoms with Gasteiger partial charge in [0.25, 0.3) is 0 Å². The number of hydrogen-bond acceptors (Lipinski definition) is 2. The van der Waals surface area contributed by atoms with Crippen LogP contribution in [0.4, 0.5) is 14.6 Å². The second-order valence-electron chi connectivity index (χ2n) is 4.94. The van der Waals surface area contributed by atoms with E-state index in [0.717, 1.165) is 11.1 Å². The topological polar surface area (TPSA) is 16.1 Å². The lowest BCUT2D eigenvalue weighted by Gasteiger charge is -2.29. The van der Waals surface area contributed by atoms with Crippen LogP contribution in [0.25, 0.3) is 5.57 Å². The molecule has 4 heteroatoms. The molecule has 0 saturated heterocycles. The molecule has 0 aromatic carbocycles. The van der Waals surface area contributed by atoms with Gasteiger partial charge in [-0.3, -0.25) is 0 Å². The highest BCUT2D eigenvalue weighted by atomic mass is 19.1. The van der Waals surface area contributed by atoms with Crippen LogP contribution in [0.2, 0.25) is 0 Å². The van der Waals surface area contributed by atoms with E-state index >= 15 is 0 Å². The first-order valence-corrected chi connectivity index (χ1v) is 5.96. The molecule has 2 atom stereocenters. The summed E-state index contributed by atoms with van der Waals surface area (Å²) in [4.78, 5) is 6.07. The molecule has 2 nitrogen and oxygen atoms in total. The molecule has 94 valence electrons. The third-order valence-corrected chi connectivity index (χ3v) is 3.55. The SMILES string of the molecule is C=C1C(C)=CN(C2CC2F)c2nc(C)c(F)cc21. The first kappa shape index (κ1) is 11.4. The zero-order chi connectivity index (χ0) is 13.0. The van der Waals surface area contributed by atoms with Gasteiger partial charge in [0.05, 0.1) is 11.7 Å². The smallest absolute Gasteiger partial charge is 0.145 e. The third kappa shape index (κ3) is 1.55. The van der Waals surface area contributed by atoms with Crippen LogP contribution >= 0.6 is 0 Å². The van der Waals surface area contributed by atoms with E-state index in [4.69, 9.17) is 0 Å². The molecule has 0 radical (unpaired) electrons. The minimum atomic E-state index is -0.819. The van der Waals surface area contributed by atoms with Gasteiger partial charge in [0.1, 0.15) is 17.8 Å². The zero-order valence-electron chi connectivity index (χ0n) is 10.4. The Hall–Kier alpha value is -1.71. The molecule has 3 rings (SSSR count). The summed E-state index contributed by atoms with van der Waals surface area (Å²) in [5.41, 5.74) is 2.67. The van der Waals surface area contributed by atoms with Gasteiger partial charge in [-0.05, 0) is 31.1 Å². The number of fused-ring (bicyclic) bond motifs is 1. The maximum absolute atomic E-state index is 13.6. The minimum Gasteiger partial charge on any atom is -0.326 e. The Morgan fingerprint density at radius 1 is 1.44 bits per heavy atom. The van der Waals surface area contributed by atoms with Gasteiger partial charge in [0.15, 0.2) is 0 Å². The number of aromatic nitrogens is 1. The summed E-state index contributed by atoms with van der Waals surface area (Å²) >= 11 is 0. The van der Waals surface area contributed by atoms with E-state index in [0.29, 0.717) is 23.5 Å². The van der Waals surface area contributed by atoms with Gasteiger partial charge in [-0.25, -0.2) is 13.8 Å². The van der Waals surface area contributed by atoms with Gasteiger partial charge >= 0.3 is 0 Å². The second kappa shape index (κ2) is 3.64. The first-order chi connectivity index (χ1) is 8.49. The summed E-state index contributed by atoms with van der Waals surface area (Å²) in [5.74, 6) is 0.270. The summed E-state index contributed by atoms with van der Waals surface area (Å²) in [6, 6.07) is 1.28. The molecule has 1 aromatic heterocycles. The van der Waals surface area contributed by atoms with Crippen LogP contribution in [0.3, 0.4) is 0 Å². The molecule has 2 heterocycles. The van der Waals surface area contributed by atoms with Gasteiger partial charge in [-0.15, -0.1) is 0 Å². The normalized spacial score (nSPS) is 25.9. The van der Waals surface area contributed by atoms with Crippen molar-refractivity contribution in [1.29, 1.82) is 0 Å². The molecule has 0 N–H and O–H groups in total. The predicted molar refractivity (Wildman–Crippen MR) is 67.5 cm³/mol. The van der Waals surface area contributed by atoms with Crippen molar-refractivity contribution in [3.8, 4) is 0 Å². The van der Waals surface area contributed by atoms with Gasteiger partial charge in [0.2, 0.25) is 0 Å². The molecule has 1 saturated carbocycles. The summed E-state index contributed by atoms with van der Waals surface area (Å²) in [5, 5.41) is 0. The van der Waals surface area contributed by atoms with Gasteiger partial charge < -0.3 is 4.90 Å². The molecule has 2 aliphatic rings. The van der Waals surface area contributed by atoms with Crippen LogP contribution < -0.4 is 4.90 Å². The van der Waals surface area contributed by atoms with Crippen molar-refractivity contribution in [2.75, 3.05) is 4.90 Å². The Bertz CT molecular complexity index is 577. The average molecular weight is 248 g/mol. The molecule has 0 amide bonds. The fourth-order valence-corrected chi connectivity index (χ4v) is 2.24. The number of rotatable bonds is 1. The largest absolute Gasteiger partial charge is 0.326 e. The Morgan fingerprint density at radius 3 is 2.72 bits per heavy atom. The number of pyridine rings is 1. The number of hydrogen-bond donors (Lipinski definition) is 0. The molecule has 1 aliphatic carbocycles. The standard InChI is InChI=1S/C14H14F2N2/c1-7-6-18(13-5-12(13)16)14-10(8(7)2)4-11(15)9(3)17-14/h4,6,12-13H,2,5H2,1,3H3. The van der Waals surface area contributed by atoms with Crippen molar-refractivity contribution in [3.05, 3.63) is 41.5 Å². The molecule has 18 heavy (non-hydrogen) atoms. The number of aryl methyl sites for hydroxylation is 1. The maximum Gasteiger partial charge on any atom is 0.145 e. The number of halogens is 2. The van der Waals surface area contributed by atoms with Crippen molar-refractivity contribution >= 4 is 11.4 Å². The van der Waals surface area contributed by atoms with E-state index < -0.39 is 6.17 Å². The third-order valence-electron chi connectivity index (χ3n) is 3.55. The number of anilines is 1. The second-order valence-corrected chi connectivity index (χ2v) is 4.94. The van der Waals surface area contributed by atoms with Gasteiger partial charge in [0, 0.05) is 18.2 Å². The fraction of sp³-hybridized carbons (Fsp3) is 0.357. The lowest BCUT2D eigenvalue weighted by atomic mass is 9.98. The minimum absolute atomic E-state index is 0.163. The number of alkyl halides is 1. The quantitative estimate of drug-likeness (QED) is 0.757. The van der Waals surface area contributed by atoms with Crippen LogP contribution in [0.15, 0.2) is 24.4 Å². The van der Waals surface area contributed by atoms with Crippen LogP contribution in [0.5, 0.6) is 0 Å². The van der Waals surface area contributed by atoms with Crippen LogP contribution in [0.1, 0.15) is 24.6 Å². The lowest BCUT2D eigenvalue weighted by Crippen LogP contribution is -2.27. The van der Waals surface area contributed by atoms with Crippen molar-refractivity contribution in [2.45, 2.75) is 32.5 Å². The molecular formula is C14H14F2N2. The number of allylic oxidation sites excluding steroid dienone is 2. The van der Waals surface area contributed by atoms with E-state index in [1.165, 1.54) is 6.07 Å². The zero-order valence-corrected chi connectivity index (χ0v) is 10.4. The monoisotopic (exact) mass is 248 g/mol. The van der Waals surface area contributed by atoms with Crippen LogP contribution in [-0.4, -0.2) is 17.2 Å². The van der Waals surface area contributed by atoms with Crippen molar-refractivity contribution in [1.82, 2.24) is 4.98 Å². The van der Waals surface area contributed by atoms with Crippen LogP contribution in [0, 0.1) is 12.7 Å².